The van der Waals surface area contributed by atoms with Gasteiger partial charge in [-0.1, -0.05) is 0 Å². The molecule has 0 aromatic heterocycles. The molecule has 6 nitrogen and oxygen atoms in total. The van der Waals surface area contributed by atoms with Crippen LogP contribution in [0.2, 0.25) is 0 Å². The topological polar surface area (TPSA) is 74.7 Å². The number of guanidine groups is 2. The summed E-state index contributed by atoms with van der Waals surface area (Å²) >= 11 is 2.83. The maximum atomic E-state index is 6.29. The van der Waals surface area contributed by atoms with E-state index in [-0.39, 0.29) is 6.17 Å². The van der Waals surface area contributed by atoms with Crippen molar-refractivity contribution in [1.29, 1.82) is 0 Å². The molecule has 206 valence electrons. The number of nitrogens with one attached hydrogen (secondary N) is 2. The number of nitrogens with two attached hydrogens (primary N) is 1. The van der Waals surface area contributed by atoms with Crippen molar-refractivity contribution in [3.63, 3.8) is 0 Å². The van der Waals surface area contributed by atoms with Crippen LogP contribution in [-0.4, -0.2) is 43.4 Å². The first-order valence-electron chi connectivity index (χ1n) is 13.4. The molecule has 0 saturated carbocycles. The molecule has 4 N–H and O–H groups in total. The van der Waals surface area contributed by atoms with Gasteiger partial charge in [-0.05, 0) is 0 Å². The molecule has 0 spiro atoms. The molecule has 40 heavy (non-hydrogen) atoms. The fourth-order valence-electron chi connectivity index (χ4n) is 5.24. The van der Waals surface area contributed by atoms with E-state index in [2.05, 4.69) is 129 Å². The van der Waals surface area contributed by atoms with E-state index >= 15 is 0 Å². The number of halogens is 1. The molecule has 1 unspecified atom stereocenters. The predicted octanol–water partition coefficient (Wildman–Crippen LogP) is 4.47. The molecule has 0 radical (unpaired) electrons. The number of hydrogen-bond donors (Lipinski definition) is 3. The molecule has 4 aromatic rings. The Bertz CT molecular complexity index is 1390. The van der Waals surface area contributed by atoms with Crippen molar-refractivity contribution in [1.82, 2.24) is 10.6 Å². The number of ether oxygens (including phenoxy) is 1. The summed E-state index contributed by atoms with van der Waals surface area (Å²) < 4.78 is 5.44. The zero-order valence-corrected chi connectivity index (χ0v) is 25.9. The predicted molar refractivity (Wildman–Crippen MR) is 178 cm³/mol. The molecule has 1 aliphatic heterocycles. The average Bonchev–Trinajstić information content (AvgIpc) is 3.00. The number of aliphatic imine (C=N–C) groups is 1. The van der Waals surface area contributed by atoms with Gasteiger partial charge in [0.15, 0.2) is 0 Å². The summed E-state index contributed by atoms with van der Waals surface area (Å²) in [5.74, 6) is 2.05. The Kier molecular flexibility index (Phi) is 8.43. The van der Waals surface area contributed by atoms with Gasteiger partial charge in [0, 0.05) is 0 Å². The van der Waals surface area contributed by atoms with Gasteiger partial charge in [-0.25, -0.2) is 0 Å². The first-order valence-corrected chi connectivity index (χ1v) is 18.6. The van der Waals surface area contributed by atoms with Crippen molar-refractivity contribution in [3.8, 4) is 5.75 Å². The van der Waals surface area contributed by atoms with Gasteiger partial charge in [-0.2, -0.15) is 0 Å². The van der Waals surface area contributed by atoms with Crippen LogP contribution in [0.4, 0.5) is 0 Å². The number of rotatable bonds is 9. The van der Waals surface area contributed by atoms with E-state index in [0.29, 0.717) is 12.6 Å². The Balaban J connectivity index is 1.36. The zero-order valence-electron chi connectivity index (χ0n) is 22.9. The van der Waals surface area contributed by atoms with E-state index in [1.165, 1.54) is 15.9 Å². The summed E-state index contributed by atoms with van der Waals surface area (Å²) in [6.45, 7) is 0.627. The summed E-state index contributed by atoms with van der Waals surface area (Å²) in [7, 11) is 3.90. The SMILES string of the molecule is C[N+](C)=C1NC(N)=NC(c2ccc(OCCCP(I)(c3ccccc3)(c3ccccc3)c3ccccc3)cc2)N1. The Labute approximate surface area is 249 Å². The van der Waals surface area contributed by atoms with E-state index in [4.69, 9.17) is 10.5 Å². The first-order chi connectivity index (χ1) is 19.4. The van der Waals surface area contributed by atoms with Crippen molar-refractivity contribution in [2.24, 2.45) is 10.7 Å². The average molecular weight is 665 g/mol. The molecular weight excluding hydrogens is 628 g/mol. The Hall–Kier alpha value is -3.42. The standard InChI is InChI=1S/C32H35IN5OP/c1-38(2)32-36-30(35-31(34)37-32)25-19-21-26(22-20-25)39-23-12-24-40(33,27-13-6-3-7-14-27,28-15-8-4-9-16-28)29-17-10-5-11-18-29/h3-11,13-22,30H,12,23-24H2,1-2H3,(H3,34,35,36,37)/p+1. The summed E-state index contributed by atoms with van der Waals surface area (Å²) in [5, 5.41) is 10.6. The molecule has 8 heteroatoms. The monoisotopic (exact) mass is 664 g/mol. The molecule has 0 amide bonds. The molecule has 1 aliphatic rings. The summed E-state index contributed by atoms with van der Waals surface area (Å²) in [5.41, 5.74) is 7.02. The third-order valence-corrected chi connectivity index (χ3v) is 19.0. The molecular formula is C32H36IN5OP+. The van der Waals surface area contributed by atoms with Crippen molar-refractivity contribution in [2.75, 3.05) is 26.9 Å². The second kappa shape index (κ2) is 12.0. The molecule has 0 aliphatic carbocycles. The minimum absolute atomic E-state index is 0.250. The zero-order chi connectivity index (χ0) is 28.0. The third kappa shape index (κ3) is 5.58. The fraction of sp³-hybridized carbons (Fsp3) is 0.188. The van der Waals surface area contributed by atoms with Crippen LogP contribution in [0.5, 0.6) is 5.75 Å². The molecule has 0 saturated heterocycles. The van der Waals surface area contributed by atoms with Gasteiger partial charge in [0.05, 0.1) is 14.1 Å². The number of hydrogen-bond acceptors (Lipinski definition) is 3. The molecule has 0 fully saturated rings. The van der Waals surface area contributed by atoms with Crippen LogP contribution >= 0.6 is 26.3 Å². The van der Waals surface area contributed by atoms with Gasteiger partial charge in [0.2, 0.25) is 0 Å². The van der Waals surface area contributed by atoms with E-state index in [1.807, 2.05) is 42.9 Å². The Morgan fingerprint density at radius 3 is 1.77 bits per heavy atom. The molecule has 5 rings (SSSR count). The number of nitrogens with zero attached hydrogens (tertiary/aromatic N) is 2. The first kappa shape index (κ1) is 28.1. The van der Waals surface area contributed by atoms with Gasteiger partial charge in [-0.15, -0.1) is 0 Å². The molecule has 4 aromatic carbocycles. The van der Waals surface area contributed by atoms with Gasteiger partial charge in [0.1, 0.15) is 0 Å². The van der Waals surface area contributed by atoms with Gasteiger partial charge in [-0.3, -0.25) is 0 Å². The van der Waals surface area contributed by atoms with E-state index in [9.17, 15) is 0 Å². The van der Waals surface area contributed by atoms with Crippen LogP contribution in [0.3, 0.4) is 0 Å². The summed E-state index contributed by atoms with van der Waals surface area (Å²) in [6.07, 6.45) is 1.66. The Morgan fingerprint density at radius 1 is 0.800 bits per heavy atom. The van der Waals surface area contributed by atoms with E-state index in [1.54, 1.807) is 0 Å². The normalized spacial score (nSPS) is 16.1. The van der Waals surface area contributed by atoms with Crippen molar-refractivity contribution < 1.29 is 9.31 Å². The van der Waals surface area contributed by atoms with Crippen LogP contribution in [0.15, 0.2) is 120 Å². The van der Waals surface area contributed by atoms with Gasteiger partial charge >= 0.3 is 237 Å². The minimum atomic E-state index is -2.79. The van der Waals surface area contributed by atoms with Crippen LogP contribution in [-0.2, 0) is 0 Å². The van der Waals surface area contributed by atoms with Crippen molar-refractivity contribution >= 4 is 54.1 Å². The molecule has 1 atom stereocenters. The second-order valence-electron chi connectivity index (χ2n) is 10.1. The van der Waals surface area contributed by atoms with Crippen LogP contribution in [0, 0.1) is 0 Å². The van der Waals surface area contributed by atoms with Crippen LogP contribution in [0.25, 0.3) is 0 Å². The Morgan fingerprint density at radius 2 is 1.30 bits per heavy atom. The molecule has 1 heterocycles. The maximum absolute atomic E-state index is 6.29. The third-order valence-electron chi connectivity index (χ3n) is 7.31. The van der Waals surface area contributed by atoms with Crippen LogP contribution in [0.1, 0.15) is 18.2 Å². The second-order valence-corrected chi connectivity index (χ2v) is 20.9. The van der Waals surface area contributed by atoms with Crippen molar-refractivity contribution in [2.45, 2.75) is 12.6 Å². The van der Waals surface area contributed by atoms with Gasteiger partial charge in [0.25, 0.3) is 0 Å². The van der Waals surface area contributed by atoms with Crippen LogP contribution < -0.4 is 37.0 Å². The van der Waals surface area contributed by atoms with Gasteiger partial charge < -0.3 is 0 Å². The summed E-state index contributed by atoms with van der Waals surface area (Å²) in [4.78, 5) is 4.50. The summed E-state index contributed by atoms with van der Waals surface area (Å²) in [6, 6.07) is 41.2. The quantitative estimate of drug-likeness (QED) is 0.107. The molecule has 0 bridgehead atoms. The fourth-order valence-corrected chi connectivity index (χ4v) is 13.9. The van der Waals surface area contributed by atoms with E-state index < -0.39 is 4.25 Å². The van der Waals surface area contributed by atoms with E-state index in [0.717, 1.165) is 29.9 Å². The van der Waals surface area contributed by atoms with Crippen molar-refractivity contribution in [3.05, 3.63) is 121 Å². The number of benzene rings is 4.